The Morgan fingerprint density at radius 2 is 1.90 bits per heavy atom. The van der Waals surface area contributed by atoms with Gasteiger partial charge in [-0.25, -0.2) is 0 Å². The van der Waals surface area contributed by atoms with Gasteiger partial charge in [-0.15, -0.1) is 5.10 Å². The van der Waals surface area contributed by atoms with Crippen LogP contribution in [0.2, 0.25) is 0 Å². The zero-order valence-electron chi connectivity index (χ0n) is 12.0. The largest absolute Gasteiger partial charge is 0.324 e. The lowest BCUT2D eigenvalue weighted by atomic mass is 10.1. The number of hydrogen-bond donors (Lipinski definition) is 2. The van der Waals surface area contributed by atoms with Gasteiger partial charge >= 0.3 is 0 Å². The number of rotatable bonds is 5. The predicted molar refractivity (Wildman–Crippen MR) is 78.8 cm³/mol. The Morgan fingerprint density at radius 3 is 2.52 bits per heavy atom. The molecule has 0 aliphatic heterocycles. The van der Waals surface area contributed by atoms with Crippen molar-refractivity contribution in [2.45, 2.75) is 26.8 Å². The molecule has 0 aliphatic rings. The molecule has 0 aliphatic carbocycles. The van der Waals surface area contributed by atoms with Crippen molar-refractivity contribution in [2.75, 3.05) is 10.6 Å². The van der Waals surface area contributed by atoms with E-state index in [4.69, 9.17) is 0 Å². The van der Waals surface area contributed by atoms with Crippen LogP contribution >= 0.6 is 0 Å². The lowest BCUT2D eigenvalue weighted by Crippen LogP contribution is -2.20. The predicted octanol–water partition coefficient (Wildman–Crippen LogP) is 1.44. The second-order valence-corrected chi connectivity index (χ2v) is 4.54. The highest BCUT2D eigenvalue weighted by molar-refractivity contribution is 5.90. The fraction of sp³-hybridized carbons (Fsp3) is 0.286. The van der Waals surface area contributed by atoms with Gasteiger partial charge in [-0.2, -0.15) is 9.90 Å². The van der Waals surface area contributed by atoms with Crippen molar-refractivity contribution in [2.24, 2.45) is 0 Å². The first-order valence-corrected chi connectivity index (χ1v) is 6.63. The van der Waals surface area contributed by atoms with E-state index in [9.17, 15) is 9.59 Å². The summed E-state index contributed by atoms with van der Waals surface area (Å²) in [6.45, 7) is 3.43. The number of anilines is 2. The lowest BCUT2D eigenvalue weighted by Gasteiger charge is -2.05. The number of amides is 2. The van der Waals surface area contributed by atoms with Crippen LogP contribution in [0, 0.1) is 0 Å². The average molecular weight is 287 g/mol. The first-order chi connectivity index (χ1) is 10.1. The topological polar surface area (TPSA) is 88.9 Å². The van der Waals surface area contributed by atoms with E-state index in [0.717, 1.165) is 12.1 Å². The van der Waals surface area contributed by atoms with Crippen molar-refractivity contribution < 1.29 is 9.59 Å². The molecular formula is C14H17N5O2. The number of aromatic nitrogens is 3. The number of aryl methyl sites for hydroxylation is 1. The number of carbonyl (C=O) groups excluding carboxylic acids is 2. The SMILES string of the molecule is CCc1ccc(NC(=O)Cn2ncc(NC(C)=O)n2)cc1. The molecule has 2 amide bonds. The molecule has 2 N–H and O–H groups in total. The van der Waals surface area contributed by atoms with Crippen molar-refractivity contribution in [1.82, 2.24) is 15.0 Å². The molecule has 0 fully saturated rings. The summed E-state index contributed by atoms with van der Waals surface area (Å²) in [6.07, 6.45) is 2.35. The molecule has 0 unspecified atom stereocenters. The minimum Gasteiger partial charge on any atom is -0.324 e. The van der Waals surface area contributed by atoms with Gasteiger partial charge in [0.2, 0.25) is 11.8 Å². The molecule has 1 heterocycles. The third kappa shape index (κ3) is 4.41. The zero-order valence-corrected chi connectivity index (χ0v) is 12.0. The Balaban J connectivity index is 1.91. The molecule has 0 bridgehead atoms. The standard InChI is InChI=1S/C14H17N5O2/c1-3-11-4-6-12(7-5-11)17-14(21)9-19-15-8-13(18-19)16-10(2)20/h4-8H,3,9H2,1-2H3,(H,17,21)(H,16,18,20). The number of carbonyl (C=O) groups is 2. The second kappa shape index (κ2) is 6.65. The van der Waals surface area contributed by atoms with Gasteiger partial charge in [0.1, 0.15) is 6.54 Å². The van der Waals surface area contributed by atoms with Gasteiger partial charge in [-0.05, 0) is 24.1 Å². The summed E-state index contributed by atoms with van der Waals surface area (Å²) in [5.41, 5.74) is 1.94. The van der Waals surface area contributed by atoms with Crippen molar-refractivity contribution >= 4 is 23.3 Å². The van der Waals surface area contributed by atoms with Crippen LogP contribution in [0.4, 0.5) is 11.5 Å². The molecule has 1 aromatic carbocycles. The van der Waals surface area contributed by atoms with Gasteiger partial charge in [-0.1, -0.05) is 19.1 Å². The van der Waals surface area contributed by atoms with Gasteiger partial charge in [0, 0.05) is 12.6 Å². The molecule has 0 saturated heterocycles. The minimum atomic E-state index is -0.234. The molecule has 21 heavy (non-hydrogen) atoms. The molecule has 7 heteroatoms. The lowest BCUT2D eigenvalue weighted by molar-refractivity contribution is -0.117. The Hall–Kier alpha value is -2.70. The van der Waals surface area contributed by atoms with Crippen LogP contribution < -0.4 is 10.6 Å². The highest BCUT2D eigenvalue weighted by Gasteiger charge is 2.07. The van der Waals surface area contributed by atoms with E-state index in [1.54, 1.807) is 0 Å². The van der Waals surface area contributed by atoms with Crippen LogP contribution in [0.5, 0.6) is 0 Å². The quantitative estimate of drug-likeness (QED) is 0.870. The third-order valence-electron chi connectivity index (χ3n) is 2.77. The maximum absolute atomic E-state index is 11.9. The molecule has 0 spiro atoms. The molecule has 7 nitrogen and oxygen atoms in total. The smallest absolute Gasteiger partial charge is 0.247 e. The molecule has 2 rings (SSSR count). The van der Waals surface area contributed by atoms with Crippen LogP contribution in [0.15, 0.2) is 30.5 Å². The van der Waals surface area contributed by atoms with Gasteiger partial charge < -0.3 is 10.6 Å². The number of nitrogens with one attached hydrogen (secondary N) is 2. The van der Waals surface area contributed by atoms with Gasteiger partial charge in [0.25, 0.3) is 0 Å². The number of benzene rings is 1. The Morgan fingerprint density at radius 1 is 1.19 bits per heavy atom. The number of hydrogen-bond acceptors (Lipinski definition) is 4. The summed E-state index contributed by atoms with van der Waals surface area (Å²) in [5, 5.41) is 13.1. The monoisotopic (exact) mass is 287 g/mol. The zero-order chi connectivity index (χ0) is 15.2. The van der Waals surface area contributed by atoms with Crippen LogP contribution in [0.1, 0.15) is 19.4 Å². The van der Waals surface area contributed by atoms with Crippen molar-refractivity contribution in [1.29, 1.82) is 0 Å². The van der Waals surface area contributed by atoms with Gasteiger partial charge in [0.05, 0.1) is 6.20 Å². The third-order valence-corrected chi connectivity index (χ3v) is 2.77. The van der Waals surface area contributed by atoms with E-state index in [1.807, 2.05) is 24.3 Å². The number of nitrogens with zero attached hydrogens (tertiary/aromatic N) is 3. The second-order valence-electron chi connectivity index (χ2n) is 4.54. The summed E-state index contributed by atoms with van der Waals surface area (Å²) < 4.78 is 0. The maximum Gasteiger partial charge on any atom is 0.247 e. The highest BCUT2D eigenvalue weighted by Crippen LogP contribution is 2.10. The van der Waals surface area contributed by atoms with Gasteiger partial charge in [0.15, 0.2) is 5.82 Å². The Kier molecular flexibility index (Phi) is 4.65. The molecule has 110 valence electrons. The van der Waals surface area contributed by atoms with Crippen LogP contribution in [-0.4, -0.2) is 26.8 Å². The van der Waals surface area contributed by atoms with E-state index in [-0.39, 0.29) is 18.4 Å². The van der Waals surface area contributed by atoms with E-state index in [0.29, 0.717) is 5.82 Å². The van der Waals surface area contributed by atoms with E-state index in [2.05, 4.69) is 27.8 Å². The fourth-order valence-corrected chi connectivity index (χ4v) is 1.76. The van der Waals surface area contributed by atoms with E-state index < -0.39 is 0 Å². The van der Waals surface area contributed by atoms with Crippen LogP contribution in [0.3, 0.4) is 0 Å². The summed E-state index contributed by atoms with van der Waals surface area (Å²) in [6, 6.07) is 7.65. The van der Waals surface area contributed by atoms with Gasteiger partial charge in [-0.3, -0.25) is 9.59 Å². The molecule has 0 radical (unpaired) electrons. The van der Waals surface area contributed by atoms with Crippen LogP contribution in [-0.2, 0) is 22.6 Å². The summed E-state index contributed by atoms with van der Waals surface area (Å²) in [7, 11) is 0. The van der Waals surface area contributed by atoms with Crippen LogP contribution in [0.25, 0.3) is 0 Å². The molecule has 0 saturated carbocycles. The van der Waals surface area contributed by atoms with Crippen molar-refractivity contribution in [3.63, 3.8) is 0 Å². The fourth-order valence-electron chi connectivity index (χ4n) is 1.76. The first kappa shape index (κ1) is 14.7. The van der Waals surface area contributed by atoms with E-state index >= 15 is 0 Å². The molecular weight excluding hydrogens is 270 g/mol. The summed E-state index contributed by atoms with van der Waals surface area (Å²) in [5.74, 6) is -0.144. The van der Waals surface area contributed by atoms with Crippen molar-refractivity contribution in [3.05, 3.63) is 36.0 Å². The van der Waals surface area contributed by atoms with Crippen molar-refractivity contribution in [3.8, 4) is 0 Å². The molecule has 1 aromatic heterocycles. The summed E-state index contributed by atoms with van der Waals surface area (Å²) in [4.78, 5) is 24.0. The summed E-state index contributed by atoms with van der Waals surface area (Å²) >= 11 is 0. The van der Waals surface area contributed by atoms with E-state index in [1.165, 1.54) is 23.5 Å². The normalized spacial score (nSPS) is 10.2. The average Bonchev–Trinajstić information content (AvgIpc) is 2.85. The highest BCUT2D eigenvalue weighted by atomic mass is 16.2. The molecule has 2 aromatic rings. The Labute approximate surface area is 122 Å². The maximum atomic E-state index is 11.9. The Bertz CT molecular complexity index is 633. The minimum absolute atomic E-state index is 0.0187. The first-order valence-electron chi connectivity index (χ1n) is 6.63. The molecule has 0 atom stereocenters.